The minimum atomic E-state index is 0.0139. The van der Waals surface area contributed by atoms with E-state index in [0.29, 0.717) is 12.4 Å². The molecule has 3 aromatic rings. The smallest absolute Gasteiger partial charge is 0.245 e. The van der Waals surface area contributed by atoms with Gasteiger partial charge >= 0.3 is 0 Å². The Morgan fingerprint density at radius 2 is 1.83 bits per heavy atom. The molecule has 0 saturated carbocycles. The molecule has 0 bridgehead atoms. The fraction of sp³-hybridized carbons (Fsp3) is 0.393. The number of likely N-dealkylation sites (N-methyl/N-ethyl adjacent to an activating group) is 1. The van der Waals surface area contributed by atoms with Crippen molar-refractivity contribution in [2.45, 2.75) is 39.7 Å². The number of nitrogen functional groups attached to an aromatic ring is 1. The number of hydrogen-bond donors (Lipinski definition) is 2. The molecule has 3 heterocycles. The lowest BCUT2D eigenvalue weighted by atomic mass is 10.0. The summed E-state index contributed by atoms with van der Waals surface area (Å²) >= 11 is 0. The second-order valence-electron chi connectivity index (χ2n) is 9.10. The summed E-state index contributed by atoms with van der Waals surface area (Å²) in [6.45, 7) is 12.3. The summed E-state index contributed by atoms with van der Waals surface area (Å²) in [6.07, 6.45) is 4.52. The molecular weight excluding hydrogens is 452 g/mol. The first-order valence-corrected chi connectivity index (χ1v) is 12.7. The average Bonchev–Trinajstić information content (AvgIpc) is 3.44. The van der Waals surface area contributed by atoms with Crippen LogP contribution in [0.15, 0.2) is 49.1 Å². The molecule has 2 aromatic carbocycles. The third-order valence-corrected chi connectivity index (χ3v) is 6.89. The highest BCUT2D eigenvalue weighted by Gasteiger charge is 2.25. The number of benzene rings is 2. The van der Waals surface area contributed by atoms with Crippen LogP contribution in [0.1, 0.15) is 37.9 Å². The molecular formula is C28H36N6O2. The van der Waals surface area contributed by atoms with Crippen molar-refractivity contribution in [3.63, 3.8) is 0 Å². The van der Waals surface area contributed by atoms with Gasteiger partial charge in [0.1, 0.15) is 11.6 Å². The molecule has 3 N–H and O–H groups in total. The molecule has 0 radical (unpaired) electrons. The van der Waals surface area contributed by atoms with Crippen molar-refractivity contribution in [3.05, 3.63) is 60.3 Å². The maximum Gasteiger partial charge on any atom is 0.245 e. The van der Waals surface area contributed by atoms with Crippen molar-refractivity contribution < 1.29 is 9.90 Å². The lowest BCUT2D eigenvalue weighted by Crippen LogP contribution is -2.33. The van der Waals surface area contributed by atoms with Crippen LogP contribution in [0.2, 0.25) is 0 Å². The Kier molecular flexibility index (Phi) is 7.93. The fourth-order valence-corrected chi connectivity index (χ4v) is 4.91. The Hall–Kier alpha value is -3.81. The van der Waals surface area contributed by atoms with Crippen LogP contribution in [-0.4, -0.2) is 58.6 Å². The molecule has 36 heavy (non-hydrogen) atoms. The number of amides is 1. The first kappa shape index (κ1) is 25.3. The Balaban J connectivity index is 0.000000292. The highest BCUT2D eigenvalue weighted by Crippen LogP contribution is 2.35. The molecule has 1 aromatic heterocycles. The molecule has 1 fully saturated rings. The zero-order valence-electron chi connectivity index (χ0n) is 21.3. The highest BCUT2D eigenvalue weighted by molar-refractivity contribution is 5.95. The van der Waals surface area contributed by atoms with E-state index in [1.807, 2.05) is 44.2 Å². The molecule has 0 aliphatic carbocycles. The Morgan fingerprint density at radius 1 is 1.11 bits per heavy atom. The van der Waals surface area contributed by atoms with E-state index >= 15 is 0 Å². The number of carbonyl (C=O) groups excluding carboxylic acids is 1. The van der Waals surface area contributed by atoms with Crippen LogP contribution in [0, 0.1) is 0 Å². The Bertz CT molecular complexity index is 1230. The van der Waals surface area contributed by atoms with Gasteiger partial charge < -0.3 is 25.5 Å². The minimum Gasteiger partial charge on any atom is -0.508 e. The van der Waals surface area contributed by atoms with Gasteiger partial charge in [-0.1, -0.05) is 30.8 Å². The molecule has 2 aliphatic heterocycles. The lowest BCUT2D eigenvalue weighted by molar-refractivity contribution is -0.125. The monoisotopic (exact) mass is 488 g/mol. The molecule has 0 unspecified atom stereocenters. The summed E-state index contributed by atoms with van der Waals surface area (Å²) in [4.78, 5) is 26.4. The van der Waals surface area contributed by atoms with Gasteiger partial charge in [-0.05, 0) is 50.6 Å². The molecule has 1 saturated heterocycles. The summed E-state index contributed by atoms with van der Waals surface area (Å²) in [5.41, 5.74) is 9.38. The number of hydrogen-bond acceptors (Lipinski definition) is 7. The van der Waals surface area contributed by atoms with Crippen LogP contribution in [0.3, 0.4) is 0 Å². The van der Waals surface area contributed by atoms with E-state index in [4.69, 9.17) is 10.7 Å². The molecule has 5 rings (SSSR count). The van der Waals surface area contributed by atoms with Gasteiger partial charge in [0.05, 0.1) is 12.2 Å². The van der Waals surface area contributed by atoms with E-state index in [-0.39, 0.29) is 11.7 Å². The molecule has 0 atom stereocenters. The zero-order valence-corrected chi connectivity index (χ0v) is 21.3. The van der Waals surface area contributed by atoms with E-state index in [0.717, 1.165) is 72.8 Å². The normalized spacial score (nSPS) is 14.7. The summed E-state index contributed by atoms with van der Waals surface area (Å²) < 4.78 is 0. The van der Waals surface area contributed by atoms with E-state index in [9.17, 15) is 9.90 Å². The lowest BCUT2D eigenvalue weighted by Gasteiger charge is -2.32. The van der Waals surface area contributed by atoms with Gasteiger partial charge in [0.15, 0.2) is 0 Å². The molecule has 8 heteroatoms. The molecule has 0 spiro atoms. The van der Waals surface area contributed by atoms with Crippen LogP contribution in [0.4, 0.5) is 17.5 Å². The Labute approximate surface area is 213 Å². The number of rotatable bonds is 5. The summed E-state index contributed by atoms with van der Waals surface area (Å²) in [5.74, 6) is 1.67. The van der Waals surface area contributed by atoms with Crippen LogP contribution < -0.4 is 15.5 Å². The van der Waals surface area contributed by atoms with Gasteiger partial charge in [-0.3, -0.25) is 4.79 Å². The van der Waals surface area contributed by atoms with E-state index < -0.39 is 0 Å². The van der Waals surface area contributed by atoms with Gasteiger partial charge in [0.25, 0.3) is 0 Å². The van der Waals surface area contributed by atoms with Gasteiger partial charge in [-0.25, -0.2) is 4.98 Å². The predicted molar refractivity (Wildman–Crippen MR) is 146 cm³/mol. The van der Waals surface area contributed by atoms with Gasteiger partial charge in [0, 0.05) is 55.4 Å². The van der Waals surface area contributed by atoms with E-state index in [1.54, 1.807) is 4.90 Å². The number of nitrogens with two attached hydrogens (primary N) is 1. The third-order valence-electron chi connectivity index (χ3n) is 6.89. The van der Waals surface area contributed by atoms with Crippen LogP contribution in [0.5, 0.6) is 5.75 Å². The van der Waals surface area contributed by atoms with Gasteiger partial charge in [0.2, 0.25) is 11.9 Å². The van der Waals surface area contributed by atoms with Crippen molar-refractivity contribution >= 4 is 34.1 Å². The number of carbonyl (C=O) groups is 1. The van der Waals surface area contributed by atoms with E-state index in [2.05, 4.69) is 27.4 Å². The number of anilines is 3. The van der Waals surface area contributed by atoms with Crippen LogP contribution in [0.25, 0.3) is 10.8 Å². The van der Waals surface area contributed by atoms with Crippen LogP contribution in [-0.2, 0) is 17.8 Å². The first-order valence-electron chi connectivity index (χ1n) is 12.7. The van der Waals surface area contributed by atoms with Gasteiger partial charge in [-0.2, -0.15) is 4.98 Å². The first-order chi connectivity index (χ1) is 17.4. The fourth-order valence-electron chi connectivity index (χ4n) is 4.91. The molecule has 2 aliphatic rings. The van der Waals surface area contributed by atoms with Crippen molar-refractivity contribution in [2.75, 3.05) is 48.3 Å². The minimum absolute atomic E-state index is 0.0139. The number of aromatic hydroxyl groups is 1. The number of fused-ring (bicyclic) bond motifs is 2. The Morgan fingerprint density at radius 3 is 2.50 bits per heavy atom. The molecule has 1 amide bonds. The number of phenolic OH excluding ortho intramolecular Hbond substituents is 1. The number of phenols is 1. The third kappa shape index (κ3) is 5.37. The van der Waals surface area contributed by atoms with Crippen molar-refractivity contribution in [3.8, 4) is 5.75 Å². The predicted octanol–water partition coefficient (Wildman–Crippen LogP) is 4.12. The maximum atomic E-state index is 10.8. The topological polar surface area (TPSA) is 98.8 Å². The van der Waals surface area contributed by atoms with Crippen molar-refractivity contribution in [2.24, 2.45) is 0 Å². The summed E-state index contributed by atoms with van der Waals surface area (Å²) in [7, 11) is 0. The van der Waals surface area contributed by atoms with E-state index in [1.165, 1.54) is 18.9 Å². The van der Waals surface area contributed by atoms with Crippen molar-refractivity contribution in [1.29, 1.82) is 0 Å². The average molecular weight is 489 g/mol. The zero-order chi connectivity index (χ0) is 25.7. The van der Waals surface area contributed by atoms with Gasteiger partial charge in [-0.15, -0.1) is 0 Å². The quantitative estimate of drug-likeness (QED) is 0.521. The molecule has 190 valence electrons. The summed E-state index contributed by atoms with van der Waals surface area (Å²) in [5, 5.41) is 12.4. The second-order valence-corrected chi connectivity index (χ2v) is 9.10. The second kappa shape index (κ2) is 11.3. The maximum absolute atomic E-state index is 10.8. The molecule has 8 nitrogen and oxygen atoms in total. The van der Waals surface area contributed by atoms with Crippen molar-refractivity contribution in [1.82, 2.24) is 14.9 Å². The SMILES string of the molecule is C=CC(=O)N(CC)CC.Nc1nc(N2CCCC2)nc2c1CCN(c1cc(O)cc3ccccc13)C2. The summed E-state index contributed by atoms with van der Waals surface area (Å²) in [6, 6.07) is 11.8. The van der Waals surface area contributed by atoms with Crippen LogP contribution >= 0.6 is 0 Å². The largest absolute Gasteiger partial charge is 0.508 e. The number of aromatic nitrogens is 2. The highest BCUT2D eigenvalue weighted by atomic mass is 16.3. The standard InChI is InChI=1S/C21H23N5O.C7H13NO/c22-20-17-7-10-26(13-18(17)23-21(24-20)25-8-3-4-9-25)19-12-15(27)11-14-5-1-2-6-16(14)19;1-4-7(9)8(5-2)6-3/h1-2,5-6,11-12,27H,3-4,7-10,13H2,(H2,22,23,24);4H,1,5-6H2,2-3H3. The number of nitrogens with zero attached hydrogens (tertiary/aromatic N) is 5.